The lowest BCUT2D eigenvalue weighted by Gasteiger charge is -2.18. The summed E-state index contributed by atoms with van der Waals surface area (Å²) in [7, 11) is -4.23. The van der Waals surface area contributed by atoms with Gasteiger partial charge in [-0.25, -0.2) is 8.42 Å². The number of nitrogens with zero attached hydrogens (tertiary/aromatic N) is 1. The third-order valence-electron chi connectivity index (χ3n) is 4.08. The highest BCUT2D eigenvalue weighted by molar-refractivity contribution is 7.92. The van der Waals surface area contributed by atoms with Crippen LogP contribution in [-0.2, 0) is 20.4 Å². The molecule has 2 aromatic carbocycles. The molecule has 32 heavy (non-hydrogen) atoms. The summed E-state index contributed by atoms with van der Waals surface area (Å²) in [4.78, 5) is 24.6. The van der Waals surface area contributed by atoms with Crippen molar-refractivity contribution in [2.24, 2.45) is 0 Å². The van der Waals surface area contributed by atoms with Crippen LogP contribution in [-0.4, -0.2) is 44.9 Å². The number of sulfone groups is 1. The lowest BCUT2D eigenvalue weighted by molar-refractivity contribution is -0.274. The Balaban J connectivity index is 2.16. The number of nitrogens with one attached hydrogen (secondary N) is 2. The zero-order valence-corrected chi connectivity index (χ0v) is 17.2. The van der Waals surface area contributed by atoms with Crippen LogP contribution in [0.25, 0.3) is 0 Å². The fourth-order valence-electron chi connectivity index (χ4n) is 2.62. The van der Waals surface area contributed by atoms with E-state index in [9.17, 15) is 31.2 Å². The molecule has 1 atom stereocenters. The molecule has 0 aliphatic rings. The third kappa shape index (κ3) is 7.59. The number of carbonyl (C=O) groups excluding carboxylic acids is 2. The Morgan fingerprint density at radius 3 is 2.22 bits per heavy atom. The van der Waals surface area contributed by atoms with Crippen molar-refractivity contribution in [3.63, 3.8) is 0 Å². The van der Waals surface area contributed by atoms with Crippen molar-refractivity contribution < 1.29 is 35.9 Å². The van der Waals surface area contributed by atoms with Gasteiger partial charge in [0.1, 0.15) is 12.3 Å². The van der Waals surface area contributed by atoms with Gasteiger partial charge in [-0.1, -0.05) is 30.3 Å². The monoisotopic (exact) mass is 469 g/mol. The molecule has 0 fully saturated rings. The van der Waals surface area contributed by atoms with Crippen molar-refractivity contribution >= 4 is 21.7 Å². The summed E-state index contributed by atoms with van der Waals surface area (Å²) >= 11 is 0. The van der Waals surface area contributed by atoms with E-state index in [-0.39, 0.29) is 11.1 Å². The predicted molar refractivity (Wildman–Crippen MR) is 107 cm³/mol. The minimum absolute atomic E-state index is 0.104. The van der Waals surface area contributed by atoms with Gasteiger partial charge in [-0.3, -0.25) is 9.59 Å². The Hall–Kier alpha value is -3.59. The van der Waals surface area contributed by atoms with Gasteiger partial charge in [0.05, 0.1) is 11.8 Å². The minimum Gasteiger partial charge on any atom is -0.406 e. The molecular weight excluding hydrogens is 451 g/mol. The first kappa shape index (κ1) is 24.7. The summed E-state index contributed by atoms with van der Waals surface area (Å²) in [6, 6.07) is 13.7. The number of amides is 2. The fraction of sp³-hybridized carbons (Fsp3) is 0.250. The Morgan fingerprint density at radius 1 is 1.03 bits per heavy atom. The molecule has 0 bridgehead atoms. The zero-order chi connectivity index (χ0) is 23.8. The Bertz CT molecular complexity index is 1080. The van der Waals surface area contributed by atoms with Crippen LogP contribution >= 0.6 is 0 Å². The Labute approximate surface area is 181 Å². The molecule has 170 valence electrons. The average Bonchev–Trinajstić information content (AvgIpc) is 2.72. The molecular formula is C20H18F3N3O5S. The molecule has 2 aromatic rings. The summed E-state index contributed by atoms with van der Waals surface area (Å²) in [5, 5.41) is 11.4. The van der Waals surface area contributed by atoms with Gasteiger partial charge < -0.3 is 15.4 Å². The quantitative estimate of drug-likeness (QED) is 0.541. The van der Waals surface area contributed by atoms with E-state index in [1.165, 1.54) is 12.1 Å². The summed E-state index contributed by atoms with van der Waals surface area (Å²) in [5.41, 5.74) is 0.355. The van der Waals surface area contributed by atoms with Crippen molar-refractivity contribution in [3.8, 4) is 11.8 Å². The van der Waals surface area contributed by atoms with Crippen LogP contribution in [0, 0.1) is 11.3 Å². The second kappa shape index (κ2) is 10.6. The summed E-state index contributed by atoms with van der Waals surface area (Å²) in [6.07, 6.45) is -4.89. The van der Waals surface area contributed by atoms with Crippen molar-refractivity contribution in [2.75, 3.05) is 13.1 Å². The molecule has 0 saturated carbocycles. The maximum atomic E-state index is 12.9. The summed E-state index contributed by atoms with van der Waals surface area (Å²) in [6.45, 7) is -1.01. The van der Waals surface area contributed by atoms with Crippen LogP contribution in [0.2, 0.25) is 0 Å². The number of carbonyl (C=O) groups is 2. The number of alkyl halides is 3. The predicted octanol–water partition coefficient (Wildman–Crippen LogP) is 1.94. The molecule has 8 nitrogen and oxygen atoms in total. The van der Waals surface area contributed by atoms with Gasteiger partial charge in [0.2, 0.25) is 5.91 Å². The molecule has 2 N–H and O–H groups in total. The van der Waals surface area contributed by atoms with Crippen LogP contribution in [0.15, 0.2) is 54.6 Å². The molecule has 0 aromatic heterocycles. The highest BCUT2D eigenvalue weighted by Crippen LogP contribution is 2.23. The molecule has 0 spiro atoms. The topological polar surface area (TPSA) is 125 Å². The van der Waals surface area contributed by atoms with E-state index in [2.05, 4.69) is 15.4 Å². The fourth-order valence-corrected chi connectivity index (χ4v) is 4.23. The van der Waals surface area contributed by atoms with Crippen LogP contribution < -0.4 is 15.4 Å². The third-order valence-corrected chi connectivity index (χ3v) is 6.06. The van der Waals surface area contributed by atoms with Crippen molar-refractivity contribution in [1.82, 2.24) is 10.6 Å². The number of benzene rings is 2. The van der Waals surface area contributed by atoms with E-state index in [0.29, 0.717) is 0 Å². The smallest absolute Gasteiger partial charge is 0.406 e. The molecule has 2 amide bonds. The van der Waals surface area contributed by atoms with E-state index in [4.69, 9.17) is 5.26 Å². The molecule has 2 rings (SSSR count). The SMILES string of the molecule is N#CCNC(=O)C(CNC(=O)c1ccccc1)S(=O)(=O)Cc1ccc(OC(F)(F)F)cc1. The molecule has 0 aliphatic heterocycles. The second-order valence-electron chi connectivity index (χ2n) is 6.44. The zero-order valence-electron chi connectivity index (χ0n) is 16.4. The number of halogens is 3. The molecule has 1 unspecified atom stereocenters. The number of hydrogen-bond acceptors (Lipinski definition) is 6. The van der Waals surface area contributed by atoms with Crippen molar-refractivity contribution in [3.05, 3.63) is 65.7 Å². The van der Waals surface area contributed by atoms with Gasteiger partial charge in [-0.05, 0) is 29.8 Å². The molecule has 0 radical (unpaired) electrons. The maximum Gasteiger partial charge on any atom is 0.573 e. The lowest BCUT2D eigenvalue weighted by Crippen LogP contribution is -2.47. The van der Waals surface area contributed by atoms with E-state index < -0.39 is 57.9 Å². The number of hydrogen-bond donors (Lipinski definition) is 2. The molecule has 0 aliphatic carbocycles. The van der Waals surface area contributed by atoms with Gasteiger partial charge in [0, 0.05) is 12.1 Å². The Kier molecular flexibility index (Phi) is 8.20. The maximum absolute atomic E-state index is 12.9. The first-order valence-electron chi connectivity index (χ1n) is 9.06. The standard InChI is InChI=1S/C20H18F3N3O5S/c21-20(22,23)31-16-8-6-14(7-9-16)13-32(29,30)17(19(28)25-11-10-24)12-26-18(27)15-4-2-1-3-5-15/h1-9,17H,11-13H2,(H,25,28)(H,26,27). The van der Waals surface area contributed by atoms with Crippen LogP contribution in [0.5, 0.6) is 5.75 Å². The van der Waals surface area contributed by atoms with Crippen LogP contribution in [0.4, 0.5) is 13.2 Å². The van der Waals surface area contributed by atoms with Crippen LogP contribution in [0.1, 0.15) is 15.9 Å². The normalized spacial score (nSPS) is 12.3. The first-order valence-corrected chi connectivity index (χ1v) is 10.8. The number of nitriles is 1. The first-order chi connectivity index (χ1) is 15.0. The van der Waals surface area contributed by atoms with E-state index in [1.807, 2.05) is 0 Å². The molecule has 0 saturated heterocycles. The summed E-state index contributed by atoms with van der Waals surface area (Å²) in [5.74, 6) is -2.81. The number of ether oxygens (including phenoxy) is 1. The largest absolute Gasteiger partial charge is 0.573 e. The highest BCUT2D eigenvalue weighted by atomic mass is 32.2. The highest BCUT2D eigenvalue weighted by Gasteiger charge is 2.34. The van der Waals surface area contributed by atoms with Crippen LogP contribution in [0.3, 0.4) is 0 Å². The Morgan fingerprint density at radius 2 is 1.66 bits per heavy atom. The minimum atomic E-state index is -4.89. The lowest BCUT2D eigenvalue weighted by atomic mass is 10.2. The van der Waals surface area contributed by atoms with E-state index in [0.717, 1.165) is 24.3 Å². The number of rotatable bonds is 9. The van der Waals surface area contributed by atoms with Gasteiger partial charge in [0.25, 0.3) is 5.91 Å². The average molecular weight is 469 g/mol. The van der Waals surface area contributed by atoms with Crippen molar-refractivity contribution in [2.45, 2.75) is 17.4 Å². The summed E-state index contributed by atoms with van der Waals surface area (Å²) < 4.78 is 66.2. The van der Waals surface area contributed by atoms with Crippen molar-refractivity contribution in [1.29, 1.82) is 5.26 Å². The van der Waals surface area contributed by atoms with Gasteiger partial charge in [-0.15, -0.1) is 13.2 Å². The van der Waals surface area contributed by atoms with E-state index in [1.54, 1.807) is 24.3 Å². The van der Waals surface area contributed by atoms with Gasteiger partial charge >= 0.3 is 6.36 Å². The van der Waals surface area contributed by atoms with Gasteiger partial charge in [-0.2, -0.15) is 5.26 Å². The molecule has 0 heterocycles. The van der Waals surface area contributed by atoms with E-state index >= 15 is 0 Å². The molecule has 12 heteroatoms. The second-order valence-corrected chi connectivity index (χ2v) is 8.62. The van der Waals surface area contributed by atoms with Gasteiger partial charge in [0.15, 0.2) is 15.1 Å².